The molecule has 0 spiro atoms. The summed E-state index contributed by atoms with van der Waals surface area (Å²) < 4.78 is 5.35. The minimum atomic E-state index is -0.0648. The van der Waals surface area contributed by atoms with Gasteiger partial charge < -0.3 is 15.2 Å². The summed E-state index contributed by atoms with van der Waals surface area (Å²) in [6.45, 7) is 6.41. The van der Waals surface area contributed by atoms with E-state index in [4.69, 9.17) is 9.84 Å². The van der Waals surface area contributed by atoms with Gasteiger partial charge in [-0.2, -0.15) is 0 Å². The van der Waals surface area contributed by atoms with E-state index in [1.54, 1.807) is 0 Å². The largest absolute Gasteiger partial charge is 0.498 e. The lowest BCUT2D eigenvalue weighted by atomic mass is 10.0. The van der Waals surface area contributed by atoms with Crippen molar-refractivity contribution < 1.29 is 14.6 Å². The lowest BCUT2D eigenvalue weighted by Gasteiger charge is -2.23. The van der Waals surface area contributed by atoms with Crippen LogP contribution in [0.4, 0.5) is 0 Å². The van der Waals surface area contributed by atoms with Gasteiger partial charge in [0.1, 0.15) is 5.76 Å². The summed E-state index contributed by atoms with van der Waals surface area (Å²) in [7, 11) is 0. The number of hydrogen-bond donors (Lipinski definition) is 2. The van der Waals surface area contributed by atoms with E-state index >= 15 is 0 Å². The maximum atomic E-state index is 11.9. The molecule has 1 heterocycles. The topological polar surface area (TPSA) is 58.6 Å². The van der Waals surface area contributed by atoms with Crippen molar-refractivity contribution in [3.63, 3.8) is 0 Å². The molecule has 1 rings (SSSR count). The maximum absolute atomic E-state index is 11.9. The Morgan fingerprint density at radius 2 is 2.25 bits per heavy atom. The lowest BCUT2D eigenvalue weighted by Crippen LogP contribution is -2.39. The molecular formula is C12H21NO3. The third-order valence-corrected chi connectivity index (χ3v) is 3.09. The Morgan fingerprint density at radius 1 is 1.56 bits per heavy atom. The molecule has 0 saturated carbocycles. The van der Waals surface area contributed by atoms with Gasteiger partial charge >= 0.3 is 0 Å². The fourth-order valence-electron chi connectivity index (χ4n) is 1.61. The molecule has 1 aliphatic heterocycles. The third-order valence-electron chi connectivity index (χ3n) is 3.09. The average Bonchev–Trinajstić information content (AvgIpc) is 2.28. The van der Waals surface area contributed by atoms with Crippen molar-refractivity contribution in [3.05, 3.63) is 11.3 Å². The maximum Gasteiger partial charge on any atom is 0.250 e. The minimum absolute atomic E-state index is 0.0280. The first kappa shape index (κ1) is 13.0. The molecule has 0 fully saturated rings. The van der Waals surface area contributed by atoms with Crippen molar-refractivity contribution in [2.24, 2.45) is 5.92 Å². The highest BCUT2D eigenvalue weighted by Gasteiger charge is 2.21. The number of carbonyl (C=O) groups is 1. The zero-order chi connectivity index (χ0) is 12.1. The molecule has 4 nitrogen and oxygen atoms in total. The molecule has 2 N–H and O–H groups in total. The van der Waals surface area contributed by atoms with Crippen LogP contribution < -0.4 is 5.32 Å². The lowest BCUT2D eigenvalue weighted by molar-refractivity contribution is -0.119. The van der Waals surface area contributed by atoms with E-state index in [-0.39, 0.29) is 24.5 Å². The zero-order valence-corrected chi connectivity index (χ0v) is 10.2. The molecule has 0 aromatic heterocycles. The number of allylic oxidation sites excluding steroid dienone is 1. The van der Waals surface area contributed by atoms with E-state index in [9.17, 15) is 4.79 Å². The molecule has 0 aromatic rings. The van der Waals surface area contributed by atoms with Gasteiger partial charge in [-0.25, -0.2) is 0 Å². The van der Waals surface area contributed by atoms with E-state index in [0.29, 0.717) is 6.61 Å². The second-order valence-corrected chi connectivity index (χ2v) is 4.41. The first-order valence-electron chi connectivity index (χ1n) is 5.80. The number of amides is 1. The van der Waals surface area contributed by atoms with Gasteiger partial charge in [-0.3, -0.25) is 4.79 Å². The van der Waals surface area contributed by atoms with Crippen molar-refractivity contribution in [3.8, 4) is 0 Å². The van der Waals surface area contributed by atoms with E-state index in [0.717, 1.165) is 24.2 Å². The van der Waals surface area contributed by atoms with Crippen LogP contribution in [-0.2, 0) is 9.53 Å². The second kappa shape index (κ2) is 5.89. The number of hydrogen-bond acceptors (Lipinski definition) is 3. The van der Waals surface area contributed by atoms with Crippen molar-refractivity contribution in [1.29, 1.82) is 0 Å². The molecule has 4 heteroatoms. The predicted octanol–water partition coefficient (Wildman–Crippen LogP) is 1.20. The van der Waals surface area contributed by atoms with Gasteiger partial charge in [-0.1, -0.05) is 6.92 Å². The summed E-state index contributed by atoms with van der Waals surface area (Å²) in [6, 6.07) is -0.0280. The van der Waals surface area contributed by atoms with Gasteiger partial charge in [0.05, 0.1) is 12.2 Å². The van der Waals surface area contributed by atoms with Gasteiger partial charge in [-0.05, 0) is 32.6 Å². The first-order valence-corrected chi connectivity index (χ1v) is 5.80. The molecule has 0 saturated heterocycles. The minimum Gasteiger partial charge on any atom is -0.498 e. The van der Waals surface area contributed by atoms with Crippen molar-refractivity contribution >= 4 is 5.91 Å². The summed E-state index contributed by atoms with van der Waals surface area (Å²) in [4.78, 5) is 11.9. The monoisotopic (exact) mass is 227 g/mol. The van der Waals surface area contributed by atoms with E-state index in [1.165, 1.54) is 0 Å². The van der Waals surface area contributed by atoms with Crippen LogP contribution in [0, 0.1) is 5.92 Å². The van der Waals surface area contributed by atoms with Crippen LogP contribution in [0.1, 0.15) is 33.6 Å². The number of ether oxygens (including phenoxy) is 1. The Hall–Kier alpha value is -1.03. The quantitative estimate of drug-likeness (QED) is 0.759. The molecule has 0 radical (unpaired) electrons. The Balaban J connectivity index is 2.58. The van der Waals surface area contributed by atoms with Crippen LogP contribution in [0.15, 0.2) is 11.3 Å². The van der Waals surface area contributed by atoms with E-state index in [1.807, 2.05) is 20.8 Å². The predicted molar refractivity (Wildman–Crippen MR) is 61.7 cm³/mol. The Labute approximate surface area is 96.7 Å². The number of carbonyl (C=O) groups excluding carboxylic acids is 1. The Morgan fingerprint density at radius 3 is 2.81 bits per heavy atom. The molecule has 0 aliphatic carbocycles. The number of aliphatic hydroxyl groups excluding tert-OH is 1. The van der Waals surface area contributed by atoms with Gasteiger partial charge in [0, 0.05) is 12.6 Å². The van der Waals surface area contributed by atoms with Gasteiger partial charge in [0.25, 0.3) is 5.91 Å². The first-order chi connectivity index (χ1) is 7.56. The number of nitrogens with one attached hydrogen (secondary N) is 1. The number of rotatable bonds is 4. The summed E-state index contributed by atoms with van der Waals surface area (Å²) in [6.07, 6.45) is 1.67. The molecular weight excluding hydrogens is 206 g/mol. The van der Waals surface area contributed by atoms with Crippen molar-refractivity contribution in [2.75, 3.05) is 13.2 Å². The van der Waals surface area contributed by atoms with E-state index < -0.39 is 0 Å². The third kappa shape index (κ3) is 3.23. The summed E-state index contributed by atoms with van der Waals surface area (Å²) in [5.41, 5.74) is 0.739. The molecule has 0 aromatic carbocycles. The zero-order valence-electron chi connectivity index (χ0n) is 10.2. The van der Waals surface area contributed by atoms with Crippen LogP contribution in [0.3, 0.4) is 0 Å². The van der Waals surface area contributed by atoms with Crippen LogP contribution in [0.25, 0.3) is 0 Å². The molecule has 0 bridgehead atoms. The summed E-state index contributed by atoms with van der Waals surface area (Å²) in [5.74, 6) is 0.729. The Bertz CT molecular complexity index is 286. The van der Waals surface area contributed by atoms with Crippen molar-refractivity contribution in [1.82, 2.24) is 5.32 Å². The Kier molecular flexibility index (Phi) is 4.80. The fourth-order valence-corrected chi connectivity index (χ4v) is 1.61. The highest BCUT2D eigenvalue weighted by atomic mass is 16.5. The van der Waals surface area contributed by atoms with Crippen molar-refractivity contribution in [2.45, 2.75) is 39.7 Å². The molecule has 16 heavy (non-hydrogen) atoms. The highest BCUT2D eigenvalue weighted by Crippen LogP contribution is 2.19. The van der Waals surface area contributed by atoms with Crippen LogP contribution in [-0.4, -0.2) is 30.3 Å². The standard InChI is InChI=1S/C12H21NO3/c1-8(7-14)9(2)13-12(15)11-5-4-6-16-10(11)3/h8-9,14H,4-7H2,1-3H3,(H,13,15). The van der Waals surface area contributed by atoms with Gasteiger partial charge in [0.2, 0.25) is 0 Å². The molecule has 1 aliphatic rings. The summed E-state index contributed by atoms with van der Waals surface area (Å²) in [5, 5.41) is 11.9. The smallest absolute Gasteiger partial charge is 0.250 e. The van der Waals surface area contributed by atoms with Gasteiger partial charge in [-0.15, -0.1) is 0 Å². The average molecular weight is 227 g/mol. The van der Waals surface area contributed by atoms with Crippen LogP contribution >= 0.6 is 0 Å². The normalized spacial score (nSPS) is 20.0. The van der Waals surface area contributed by atoms with E-state index in [2.05, 4.69) is 5.32 Å². The number of aliphatic hydroxyl groups is 1. The molecule has 92 valence electrons. The molecule has 2 atom stereocenters. The molecule has 2 unspecified atom stereocenters. The van der Waals surface area contributed by atoms with Crippen LogP contribution in [0.5, 0.6) is 0 Å². The van der Waals surface area contributed by atoms with Gasteiger partial charge in [0.15, 0.2) is 0 Å². The SMILES string of the molecule is CC1=C(C(=O)NC(C)C(C)CO)CCCO1. The highest BCUT2D eigenvalue weighted by molar-refractivity contribution is 5.94. The second-order valence-electron chi connectivity index (χ2n) is 4.41. The summed E-state index contributed by atoms with van der Waals surface area (Å²) >= 11 is 0. The molecule has 1 amide bonds. The van der Waals surface area contributed by atoms with Crippen LogP contribution in [0.2, 0.25) is 0 Å². The fraction of sp³-hybridized carbons (Fsp3) is 0.750.